The Morgan fingerprint density at radius 3 is 2.88 bits per heavy atom. The highest BCUT2D eigenvalue weighted by Crippen LogP contribution is 1.90. The fourth-order valence-electron chi connectivity index (χ4n) is 0.774. The van der Waals surface area contributed by atoms with E-state index in [-0.39, 0.29) is 0 Å². The molecule has 0 bridgehead atoms. The summed E-state index contributed by atoms with van der Waals surface area (Å²) < 4.78 is 22.6. The van der Waals surface area contributed by atoms with E-state index in [0.717, 1.165) is 0 Å². The van der Waals surface area contributed by atoms with Crippen LogP contribution in [0, 0.1) is 0 Å². The summed E-state index contributed by atoms with van der Waals surface area (Å²) in [6.45, 7) is 3.05. The van der Waals surface area contributed by atoms with E-state index in [1.165, 1.54) is 0 Å². The molecule has 2 nitrogen and oxygen atoms in total. The second-order valence-corrected chi connectivity index (χ2v) is 2.11. The summed E-state index contributed by atoms with van der Waals surface area (Å²) in [5.74, 6) is 0. The molecule has 2 N–H and O–H groups in total. The Kier molecular flexibility index (Phi) is 0.980. The van der Waals surface area contributed by atoms with Crippen molar-refractivity contribution in [3.05, 3.63) is 0 Å². The van der Waals surface area contributed by atoms with Crippen molar-refractivity contribution < 1.29 is 4.11 Å². The molecule has 3 unspecified atom stereocenters. The molecule has 1 fully saturated rings. The highest BCUT2D eigenvalue weighted by atomic mass is 15.1. The van der Waals surface area contributed by atoms with E-state index < -0.39 is 18.6 Å². The molecule has 0 aliphatic carbocycles. The van der Waals surface area contributed by atoms with Gasteiger partial charge >= 0.3 is 0 Å². The van der Waals surface area contributed by atoms with Gasteiger partial charge in [0.2, 0.25) is 0 Å². The van der Waals surface area contributed by atoms with Gasteiger partial charge in [-0.3, -0.25) is 0 Å². The number of hydrogen-bond acceptors (Lipinski definition) is 2. The van der Waals surface area contributed by atoms with Crippen LogP contribution in [0.25, 0.3) is 0 Å². The molecule has 1 heterocycles. The molecule has 0 saturated carbocycles. The molecule has 1 aliphatic heterocycles. The summed E-state index contributed by atoms with van der Waals surface area (Å²) in [4.78, 5) is 0. The molecule has 1 aliphatic rings. The topological polar surface area (TPSA) is 24.1 Å². The predicted octanol–water partition coefficient (Wildman–Crippen LogP) is -0.0438. The van der Waals surface area contributed by atoms with Crippen molar-refractivity contribution in [3.8, 4) is 0 Å². The van der Waals surface area contributed by atoms with Gasteiger partial charge in [-0.25, -0.2) is 0 Å². The van der Waals surface area contributed by atoms with Crippen LogP contribution in [0.1, 0.15) is 18.0 Å². The summed E-state index contributed by atoms with van der Waals surface area (Å²) in [5, 5.41) is 5.56. The van der Waals surface area contributed by atoms with E-state index >= 15 is 0 Å². The Morgan fingerprint density at radius 2 is 2.38 bits per heavy atom. The maximum atomic E-state index is 7.61. The molecule has 0 radical (unpaired) electrons. The third-order valence-electron chi connectivity index (χ3n) is 1.10. The maximum absolute atomic E-state index is 7.61. The van der Waals surface area contributed by atoms with Crippen molar-refractivity contribution in [2.45, 2.75) is 25.9 Å². The molecule has 0 amide bonds. The van der Waals surface area contributed by atoms with E-state index in [1.807, 2.05) is 0 Å². The van der Waals surface area contributed by atoms with Gasteiger partial charge in [-0.15, -0.1) is 0 Å². The minimum atomic E-state index is -1.06. The van der Waals surface area contributed by atoms with Gasteiger partial charge in [0.05, 0.1) is 0 Å². The molecule has 0 aromatic carbocycles. The summed E-state index contributed by atoms with van der Waals surface area (Å²) in [6.07, 6.45) is 0. The van der Waals surface area contributed by atoms with Crippen LogP contribution in [0.4, 0.5) is 0 Å². The number of nitrogens with one attached hydrogen (secondary N) is 2. The molecule has 0 spiro atoms. The average molecular weight is 117 g/mol. The van der Waals surface area contributed by atoms with Gasteiger partial charge in [0, 0.05) is 29.2 Å². The van der Waals surface area contributed by atoms with Gasteiger partial charge in [-0.2, -0.15) is 0 Å². The van der Waals surface area contributed by atoms with E-state index in [1.54, 1.807) is 13.8 Å². The quantitative estimate of drug-likeness (QED) is 0.465. The van der Waals surface area contributed by atoms with E-state index in [4.69, 9.17) is 4.11 Å². The lowest BCUT2D eigenvalue weighted by Gasteiger charge is -2.26. The third kappa shape index (κ3) is 1.46. The Hall–Kier alpha value is -0.0800. The zero-order chi connectivity index (χ0) is 8.70. The van der Waals surface area contributed by atoms with Crippen molar-refractivity contribution in [3.63, 3.8) is 0 Å². The normalized spacial score (nSPS) is 72.8. The summed E-state index contributed by atoms with van der Waals surface area (Å²) in [6, 6.07) is -1.89. The Balaban J connectivity index is 2.67. The first-order valence-corrected chi connectivity index (χ1v) is 2.78. The average Bonchev–Trinajstić information content (AvgIpc) is 1.77. The molecule has 8 heavy (non-hydrogen) atoms. The molecule has 48 valence electrons. The van der Waals surface area contributed by atoms with E-state index in [0.29, 0.717) is 6.54 Å². The van der Waals surface area contributed by atoms with Gasteiger partial charge in [0.1, 0.15) is 0 Å². The van der Waals surface area contributed by atoms with Crippen molar-refractivity contribution in [1.82, 2.24) is 10.6 Å². The SMILES string of the molecule is [2H]C1NCC([2H])(C)NC1([2H])C. The third-order valence-corrected chi connectivity index (χ3v) is 1.10. The van der Waals surface area contributed by atoms with Gasteiger partial charge < -0.3 is 10.6 Å². The molecule has 0 aromatic heterocycles. The minimum absolute atomic E-state index is 0.412. The van der Waals surface area contributed by atoms with Crippen LogP contribution in [0.3, 0.4) is 0 Å². The Labute approximate surface area is 54.9 Å². The predicted molar refractivity (Wildman–Crippen MR) is 34.9 cm³/mol. The minimum Gasteiger partial charge on any atom is -0.314 e. The van der Waals surface area contributed by atoms with Crippen LogP contribution >= 0.6 is 0 Å². The molecule has 3 atom stereocenters. The van der Waals surface area contributed by atoms with Crippen LogP contribution < -0.4 is 10.6 Å². The van der Waals surface area contributed by atoms with E-state index in [9.17, 15) is 0 Å². The summed E-state index contributed by atoms with van der Waals surface area (Å²) in [7, 11) is 0. The van der Waals surface area contributed by atoms with Crippen LogP contribution in [-0.4, -0.2) is 25.1 Å². The first-order chi connectivity index (χ1) is 4.83. The molecular formula is C6H14N2. The fourth-order valence-corrected chi connectivity index (χ4v) is 0.774. The van der Waals surface area contributed by atoms with Gasteiger partial charge in [0.15, 0.2) is 0 Å². The van der Waals surface area contributed by atoms with Crippen LogP contribution in [0.15, 0.2) is 0 Å². The van der Waals surface area contributed by atoms with Crippen molar-refractivity contribution >= 4 is 0 Å². The summed E-state index contributed by atoms with van der Waals surface area (Å²) in [5.41, 5.74) is 0. The Bertz CT molecular complexity index is 158. The molecule has 2 heteroatoms. The van der Waals surface area contributed by atoms with Gasteiger partial charge in [-0.1, -0.05) is 0 Å². The maximum Gasteiger partial charge on any atom is 0.0475 e. The molecule has 1 saturated heterocycles. The molecule has 1 rings (SSSR count). The highest BCUT2D eigenvalue weighted by Gasteiger charge is 2.11. The highest BCUT2D eigenvalue weighted by molar-refractivity contribution is 4.76. The first-order valence-electron chi connectivity index (χ1n) is 4.36. The number of rotatable bonds is 0. The lowest BCUT2D eigenvalue weighted by Crippen LogP contribution is -2.52. The van der Waals surface area contributed by atoms with Crippen molar-refractivity contribution in [2.24, 2.45) is 0 Å². The van der Waals surface area contributed by atoms with Crippen LogP contribution in [0.5, 0.6) is 0 Å². The second kappa shape index (κ2) is 2.46. The van der Waals surface area contributed by atoms with Crippen molar-refractivity contribution in [1.29, 1.82) is 0 Å². The standard InChI is InChI=1S/C6H14N2/c1-5-3-7-4-6(2)8-5/h5-8H,3-4H2,1-2H3/i3D,5D,6D. The first kappa shape index (κ1) is 3.18. The Morgan fingerprint density at radius 1 is 1.62 bits per heavy atom. The lowest BCUT2D eigenvalue weighted by atomic mass is 10.2. The molecule has 0 aromatic rings. The van der Waals surface area contributed by atoms with Gasteiger partial charge in [-0.05, 0) is 13.8 Å². The second-order valence-electron chi connectivity index (χ2n) is 2.11. The smallest absolute Gasteiger partial charge is 0.0475 e. The monoisotopic (exact) mass is 117 g/mol. The summed E-state index contributed by atoms with van der Waals surface area (Å²) >= 11 is 0. The fraction of sp³-hybridized carbons (Fsp3) is 1.00. The lowest BCUT2D eigenvalue weighted by molar-refractivity contribution is 0.370. The number of piperazine rings is 1. The number of hydrogen-bond donors (Lipinski definition) is 2. The zero-order valence-electron chi connectivity index (χ0n) is 8.28. The van der Waals surface area contributed by atoms with Crippen molar-refractivity contribution in [2.75, 3.05) is 13.1 Å². The van der Waals surface area contributed by atoms with Crippen LogP contribution in [0.2, 0.25) is 0 Å². The van der Waals surface area contributed by atoms with E-state index in [2.05, 4.69) is 10.6 Å². The van der Waals surface area contributed by atoms with Gasteiger partial charge in [0.25, 0.3) is 0 Å². The van der Waals surface area contributed by atoms with Crippen LogP contribution in [-0.2, 0) is 0 Å². The largest absolute Gasteiger partial charge is 0.314 e. The zero-order valence-corrected chi connectivity index (χ0v) is 5.28. The molecular weight excluding hydrogens is 100 g/mol.